The Kier molecular flexibility index (Phi) is 2.54. The van der Waals surface area contributed by atoms with Gasteiger partial charge in [-0.15, -0.1) is 5.10 Å². The number of carbonyl (C=O) groups is 1. The maximum Gasteiger partial charge on any atom is 0.291 e. The van der Waals surface area contributed by atoms with Crippen LogP contribution in [0.5, 0.6) is 0 Å². The Hall–Kier alpha value is -1.64. The average Bonchev–Trinajstić information content (AvgIpc) is 2.64. The fourth-order valence-electron chi connectivity index (χ4n) is 1.44. The summed E-state index contributed by atoms with van der Waals surface area (Å²) in [6.45, 7) is 0.365. The van der Waals surface area contributed by atoms with E-state index in [9.17, 15) is 13.2 Å². The summed E-state index contributed by atoms with van der Waals surface area (Å²) in [5.41, 5.74) is 5.27. The number of hydrogen-bond acceptors (Lipinski definition) is 6. The number of nitrogen functional groups attached to an aromatic ring is 1. The van der Waals surface area contributed by atoms with E-state index < -0.39 is 9.84 Å². The molecule has 0 aromatic carbocycles. The molecule has 1 saturated heterocycles. The van der Waals surface area contributed by atoms with Gasteiger partial charge in [0.2, 0.25) is 11.8 Å². The van der Waals surface area contributed by atoms with Crippen LogP contribution in [0.3, 0.4) is 0 Å². The molecule has 2 rings (SSSR count). The summed E-state index contributed by atoms with van der Waals surface area (Å²) in [6, 6.07) is 0. The minimum absolute atomic E-state index is 0.00650. The van der Waals surface area contributed by atoms with E-state index in [4.69, 9.17) is 5.73 Å². The van der Waals surface area contributed by atoms with E-state index in [2.05, 4.69) is 15.2 Å². The molecule has 88 valence electrons. The molecular formula is C7H11N5O3S. The van der Waals surface area contributed by atoms with Gasteiger partial charge in [-0.3, -0.25) is 9.89 Å². The predicted octanol–water partition coefficient (Wildman–Crippen LogP) is -1.74. The molecule has 0 radical (unpaired) electrons. The zero-order chi connectivity index (χ0) is 11.8. The summed E-state index contributed by atoms with van der Waals surface area (Å²) in [5.74, 6) is -0.367. The van der Waals surface area contributed by atoms with Crippen LogP contribution in [-0.4, -0.2) is 59.0 Å². The second kappa shape index (κ2) is 3.74. The maximum absolute atomic E-state index is 11.8. The van der Waals surface area contributed by atoms with Crippen molar-refractivity contribution in [3.05, 3.63) is 5.82 Å². The third-order valence-electron chi connectivity index (χ3n) is 2.34. The summed E-state index contributed by atoms with van der Waals surface area (Å²) < 4.78 is 22.3. The van der Waals surface area contributed by atoms with Gasteiger partial charge in [-0.25, -0.2) is 8.42 Å². The first-order valence-electron chi connectivity index (χ1n) is 4.65. The quantitative estimate of drug-likeness (QED) is 0.605. The Balaban J connectivity index is 2.07. The van der Waals surface area contributed by atoms with E-state index in [1.54, 1.807) is 0 Å². The lowest BCUT2D eigenvalue weighted by molar-refractivity contribution is 0.0758. The molecule has 0 aliphatic carbocycles. The number of hydrogen-bond donors (Lipinski definition) is 2. The Morgan fingerprint density at radius 1 is 1.38 bits per heavy atom. The Morgan fingerprint density at radius 2 is 2.00 bits per heavy atom. The molecule has 1 aromatic heterocycles. The van der Waals surface area contributed by atoms with Crippen LogP contribution >= 0.6 is 0 Å². The standard InChI is InChI=1S/C7H11N5O3S/c8-7-9-5(10-11-7)6(13)12-1-3-16(14,15)4-2-12/h1-4H2,(H3,8,9,10,11). The number of rotatable bonds is 1. The molecule has 2 heterocycles. The van der Waals surface area contributed by atoms with Crippen LogP contribution in [0, 0.1) is 0 Å². The van der Waals surface area contributed by atoms with Gasteiger partial charge in [-0.05, 0) is 0 Å². The third kappa shape index (κ3) is 2.13. The number of nitrogens with one attached hydrogen (secondary N) is 1. The van der Waals surface area contributed by atoms with Gasteiger partial charge in [-0.2, -0.15) is 4.98 Å². The van der Waals surface area contributed by atoms with Crippen molar-refractivity contribution in [3.8, 4) is 0 Å². The fraction of sp³-hybridized carbons (Fsp3) is 0.571. The van der Waals surface area contributed by atoms with Gasteiger partial charge in [0, 0.05) is 13.1 Å². The molecule has 8 nitrogen and oxygen atoms in total. The first-order chi connectivity index (χ1) is 7.48. The van der Waals surface area contributed by atoms with Gasteiger partial charge in [0.05, 0.1) is 11.5 Å². The van der Waals surface area contributed by atoms with Crippen LogP contribution in [0.1, 0.15) is 10.6 Å². The average molecular weight is 245 g/mol. The van der Waals surface area contributed by atoms with E-state index >= 15 is 0 Å². The topological polar surface area (TPSA) is 122 Å². The maximum atomic E-state index is 11.8. The lowest BCUT2D eigenvalue weighted by atomic mass is 10.4. The largest absolute Gasteiger partial charge is 0.366 e. The number of aromatic amines is 1. The van der Waals surface area contributed by atoms with Gasteiger partial charge in [0.1, 0.15) is 0 Å². The van der Waals surface area contributed by atoms with E-state index in [-0.39, 0.29) is 42.3 Å². The molecule has 1 aromatic rings. The van der Waals surface area contributed by atoms with Gasteiger partial charge in [0.15, 0.2) is 9.84 Å². The van der Waals surface area contributed by atoms with Gasteiger partial charge in [-0.1, -0.05) is 0 Å². The molecule has 0 unspecified atom stereocenters. The molecule has 0 saturated carbocycles. The van der Waals surface area contributed by atoms with Crippen molar-refractivity contribution < 1.29 is 13.2 Å². The van der Waals surface area contributed by atoms with Crippen molar-refractivity contribution in [1.29, 1.82) is 0 Å². The summed E-state index contributed by atoms with van der Waals surface area (Å²) in [5, 5.41) is 5.93. The number of anilines is 1. The highest BCUT2D eigenvalue weighted by Gasteiger charge is 2.27. The van der Waals surface area contributed by atoms with Crippen molar-refractivity contribution >= 4 is 21.7 Å². The van der Waals surface area contributed by atoms with Crippen molar-refractivity contribution in [2.24, 2.45) is 0 Å². The third-order valence-corrected chi connectivity index (χ3v) is 3.95. The summed E-state index contributed by atoms with van der Waals surface area (Å²) in [4.78, 5) is 16.9. The second-order valence-corrected chi connectivity index (χ2v) is 5.79. The minimum Gasteiger partial charge on any atom is -0.366 e. The lowest BCUT2D eigenvalue weighted by Gasteiger charge is -2.25. The van der Waals surface area contributed by atoms with Crippen LogP contribution in [-0.2, 0) is 9.84 Å². The predicted molar refractivity (Wildman–Crippen MR) is 55.4 cm³/mol. The zero-order valence-corrected chi connectivity index (χ0v) is 9.20. The minimum atomic E-state index is -2.99. The van der Waals surface area contributed by atoms with Gasteiger partial charge in [0.25, 0.3) is 5.91 Å². The molecule has 16 heavy (non-hydrogen) atoms. The highest BCUT2D eigenvalue weighted by molar-refractivity contribution is 7.91. The van der Waals surface area contributed by atoms with Crippen molar-refractivity contribution in [1.82, 2.24) is 20.1 Å². The molecular weight excluding hydrogens is 234 g/mol. The number of nitrogens with two attached hydrogens (primary N) is 1. The monoisotopic (exact) mass is 245 g/mol. The normalized spacial score (nSPS) is 19.6. The molecule has 3 N–H and O–H groups in total. The molecule has 9 heteroatoms. The SMILES string of the molecule is Nc1n[nH]c(C(=O)N2CCS(=O)(=O)CC2)n1. The van der Waals surface area contributed by atoms with Crippen LogP contribution in [0.2, 0.25) is 0 Å². The van der Waals surface area contributed by atoms with Crippen LogP contribution < -0.4 is 5.73 Å². The Labute approximate surface area is 91.8 Å². The first-order valence-corrected chi connectivity index (χ1v) is 6.48. The first kappa shape index (κ1) is 10.9. The summed E-state index contributed by atoms with van der Waals surface area (Å²) in [6.07, 6.45) is 0. The number of sulfone groups is 1. The van der Waals surface area contributed by atoms with E-state index in [1.165, 1.54) is 4.90 Å². The van der Waals surface area contributed by atoms with E-state index in [1.807, 2.05) is 0 Å². The fourth-order valence-corrected chi connectivity index (χ4v) is 2.64. The van der Waals surface area contributed by atoms with Crippen LogP contribution in [0.25, 0.3) is 0 Å². The Morgan fingerprint density at radius 3 is 2.50 bits per heavy atom. The molecule has 0 atom stereocenters. The van der Waals surface area contributed by atoms with E-state index in [0.717, 1.165) is 0 Å². The number of aromatic nitrogens is 3. The molecule has 1 amide bonds. The smallest absolute Gasteiger partial charge is 0.291 e. The second-order valence-electron chi connectivity index (χ2n) is 3.49. The zero-order valence-electron chi connectivity index (χ0n) is 8.38. The van der Waals surface area contributed by atoms with Crippen molar-refractivity contribution in [3.63, 3.8) is 0 Å². The number of carbonyl (C=O) groups excluding carboxylic acids is 1. The highest BCUT2D eigenvalue weighted by atomic mass is 32.2. The summed E-state index contributed by atoms with van der Waals surface area (Å²) >= 11 is 0. The summed E-state index contributed by atoms with van der Waals surface area (Å²) in [7, 11) is -2.99. The molecule has 1 fully saturated rings. The molecule has 0 spiro atoms. The lowest BCUT2D eigenvalue weighted by Crippen LogP contribution is -2.44. The molecule has 0 bridgehead atoms. The van der Waals surface area contributed by atoms with Gasteiger partial charge < -0.3 is 10.6 Å². The number of nitrogens with zero attached hydrogens (tertiary/aromatic N) is 3. The van der Waals surface area contributed by atoms with Crippen LogP contribution in [0.15, 0.2) is 0 Å². The Bertz CT molecular complexity index is 494. The van der Waals surface area contributed by atoms with Crippen molar-refractivity contribution in [2.75, 3.05) is 30.3 Å². The van der Waals surface area contributed by atoms with Gasteiger partial charge >= 0.3 is 0 Å². The molecule has 1 aliphatic heterocycles. The van der Waals surface area contributed by atoms with Crippen molar-refractivity contribution in [2.45, 2.75) is 0 Å². The molecule has 1 aliphatic rings. The van der Waals surface area contributed by atoms with Crippen LogP contribution in [0.4, 0.5) is 5.95 Å². The highest BCUT2D eigenvalue weighted by Crippen LogP contribution is 2.07. The van der Waals surface area contributed by atoms with E-state index in [0.29, 0.717) is 0 Å². The number of H-pyrrole nitrogens is 1. The number of amides is 1.